The molecule has 0 aromatic carbocycles. The van der Waals surface area contributed by atoms with Crippen LogP contribution in [0.4, 0.5) is 4.79 Å². The number of hydrogen-bond donors (Lipinski definition) is 1. The van der Waals surface area contributed by atoms with Crippen LogP contribution in [0, 0.1) is 0 Å². The van der Waals surface area contributed by atoms with E-state index in [1.165, 1.54) is 18.9 Å². The van der Waals surface area contributed by atoms with Gasteiger partial charge in [-0.25, -0.2) is 9.80 Å². The molecule has 0 aliphatic carbocycles. The molecule has 2 amide bonds. The first-order chi connectivity index (χ1) is 13.5. The number of H-pyrrole nitrogens is 1. The summed E-state index contributed by atoms with van der Waals surface area (Å²) in [4.78, 5) is 37.7. The molecule has 11 heteroatoms. The highest BCUT2D eigenvalue weighted by molar-refractivity contribution is 6.29. The highest BCUT2D eigenvalue weighted by Crippen LogP contribution is 2.23. The van der Waals surface area contributed by atoms with E-state index >= 15 is 0 Å². The standard InChI is InChI=1S/C18H26ClN5O5/c1-11(25)28-10-12(8-19)22-23(5)16(26)15-13-9-24(7-6-14(13)20-21-15)17(27)29-18(2,3)4/h6-10H2,1-5H3,(H,20,21)/b22-12+. The van der Waals surface area contributed by atoms with Gasteiger partial charge in [0.1, 0.15) is 12.2 Å². The molecule has 160 valence electrons. The topological polar surface area (TPSA) is 117 Å². The van der Waals surface area contributed by atoms with Crippen LogP contribution in [0.25, 0.3) is 0 Å². The van der Waals surface area contributed by atoms with Crippen LogP contribution < -0.4 is 0 Å². The summed E-state index contributed by atoms with van der Waals surface area (Å²) in [6, 6.07) is 0. The van der Waals surface area contributed by atoms with E-state index in [1.807, 2.05) is 0 Å². The third-order valence-corrected chi connectivity index (χ3v) is 4.28. The summed E-state index contributed by atoms with van der Waals surface area (Å²) >= 11 is 5.81. The summed E-state index contributed by atoms with van der Waals surface area (Å²) in [6.07, 6.45) is 0.0845. The molecular weight excluding hydrogens is 402 g/mol. The minimum atomic E-state index is -0.610. The molecule has 0 fully saturated rings. The molecule has 0 saturated carbocycles. The van der Waals surface area contributed by atoms with Crippen LogP contribution in [0.3, 0.4) is 0 Å². The highest BCUT2D eigenvalue weighted by Gasteiger charge is 2.31. The first-order valence-corrected chi connectivity index (χ1v) is 9.63. The fourth-order valence-corrected chi connectivity index (χ4v) is 2.77. The summed E-state index contributed by atoms with van der Waals surface area (Å²) in [5.74, 6) is -0.949. The Hall–Kier alpha value is -2.62. The Kier molecular flexibility index (Phi) is 7.23. The lowest BCUT2D eigenvalue weighted by Crippen LogP contribution is -2.40. The van der Waals surface area contributed by atoms with Crippen molar-refractivity contribution < 1.29 is 23.9 Å². The molecule has 0 unspecified atom stereocenters. The number of esters is 1. The zero-order valence-corrected chi connectivity index (χ0v) is 18.0. The Balaban J connectivity index is 2.15. The van der Waals surface area contributed by atoms with E-state index in [9.17, 15) is 14.4 Å². The number of hydrazone groups is 1. The lowest BCUT2D eigenvalue weighted by molar-refractivity contribution is -0.139. The lowest BCUT2D eigenvalue weighted by atomic mass is 10.1. The number of carbonyl (C=O) groups excluding carboxylic acids is 3. The molecule has 0 saturated heterocycles. The van der Waals surface area contributed by atoms with Crippen molar-refractivity contribution in [3.8, 4) is 0 Å². The van der Waals surface area contributed by atoms with E-state index in [2.05, 4.69) is 15.3 Å². The van der Waals surface area contributed by atoms with E-state index in [0.717, 1.165) is 10.7 Å². The maximum absolute atomic E-state index is 12.8. The van der Waals surface area contributed by atoms with Crippen molar-refractivity contribution in [2.45, 2.75) is 46.3 Å². The third-order valence-electron chi connectivity index (χ3n) is 3.97. The molecule has 1 aromatic rings. The molecule has 1 aliphatic heterocycles. The highest BCUT2D eigenvalue weighted by atomic mass is 35.5. The van der Waals surface area contributed by atoms with Crippen LogP contribution in [-0.4, -0.2) is 75.5 Å². The molecule has 1 aliphatic rings. The molecule has 0 atom stereocenters. The number of hydrogen-bond acceptors (Lipinski definition) is 7. The maximum Gasteiger partial charge on any atom is 0.410 e. The fourth-order valence-electron chi connectivity index (χ4n) is 2.64. The van der Waals surface area contributed by atoms with E-state index in [-0.39, 0.29) is 24.7 Å². The van der Waals surface area contributed by atoms with Crippen molar-refractivity contribution in [1.82, 2.24) is 20.1 Å². The van der Waals surface area contributed by atoms with Gasteiger partial charge in [0.25, 0.3) is 5.91 Å². The normalized spacial score (nSPS) is 14.3. The molecule has 1 aromatic heterocycles. The number of rotatable bonds is 5. The first kappa shape index (κ1) is 22.7. The molecule has 10 nitrogen and oxygen atoms in total. The average Bonchev–Trinajstić information content (AvgIpc) is 3.05. The van der Waals surface area contributed by atoms with Crippen LogP contribution in [0.15, 0.2) is 5.10 Å². The summed E-state index contributed by atoms with van der Waals surface area (Å²) in [5.41, 5.74) is 1.30. The van der Waals surface area contributed by atoms with Gasteiger partial charge >= 0.3 is 12.1 Å². The lowest BCUT2D eigenvalue weighted by Gasteiger charge is -2.30. The molecular formula is C18H26ClN5O5. The monoisotopic (exact) mass is 427 g/mol. The van der Waals surface area contributed by atoms with E-state index in [1.54, 1.807) is 20.8 Å². The smallest absolute Gasteiger partial charge is 0.410 e. The number of halogens is 1. The maximum atomic E-state index is 12.8. The Labute approximate surface area is 174 Å². The number of nitrogens with zero attached hydrogens (tertiary/aromatic N) is 4. The Morgan fingerprint density at radius 1 is 1.34 bits per heavy atom. The van der Waals surface area contributed by atoms with Crippen molar-refractivity contribution in [1.29, 1.82) is 0 Å². The van der Waals surface area contributed by atoms with Crippen LogP contribution in [0.2, 0.25) is 0 Å². The van der Waals surface area contributed by atoms with Crippen molar-refractivity contribution in [3.63, 3.8) is 0 Å². The molecule has 29 heavy (non-hydrogen) atoms. The summed E-state index contributed by atoms with van der Waals surface area (Å²) in [6.45, 7) is 7.22. The Bertz CT molecular complexity index is 814. The SMILES string of the molecule is CC(=O)OC/C(CCl)=N/N(C)C(=O)c1n[nH]c2c1CN(C(=O)OC(C)(C)C)CC2. The van der Waals surface area contributed by atoms with Gasteiger partial charge in [-0.3, -0.25) is 14.7 Å². The van der Waals surface area contributed by atoms with E-state index < -0.39 is 23.6 Å². The van der Waals surface area contributed by atoms with Crippen molar-refractivity contribution in [3.05, 3.63) is 17.0 Å². The Morgan fingerprint density at radius 3 is 2.62 bits per heavy atom. The zero-order chi connectivity index (χ0) is 21.8. The van der Waals surface area contributed by atoms with E-state index in [4.69, 9.17) is 21.1 Å². The second-order valence-corrected chi connectivity index (χ2v) is 7.86. The number of aromatic nitrogens is 2. The average molecular weight is 428 g/mol. The molecule has 0 bridgehead atoms. The van der Waals surface area contributed by atoms with Gasteiger partial charge in [-0.15, -0.1) is 11.6 Å². The van der Waals surface area contributed by atoms with Gasteiger partial charge in [0.05, 0.1) is 18.1 Å². The largest absolute Gasteiger partial charge is 0.460 e. The zero-order valence-electron chi connectivity index (χ0n) is 17.2. The minimum Gasteiger partial charge on any atom is -0.460 e. The predicted octanol–water partition coefficient (Wildman–Crippen LogP) is 1.93. The van der Waals surface area contributed by atoms with Crippen molar-refractivity contribution in [2.75, 3.05) is 26.1 Å². The number of alkyl halides is 1. The van der Waals surface area contributed by atoms with Crippen molar-refractivity contribution >= 4 is 35.3 Å². The van der Waals surface area contributed by atoms with Crippen LogP contribution >= 0.6 is 11.6 Å². The second kappa shape index (κ2) is 9.25. The number of aromatic amines is 1. The third kappa shape index (κ3) is 6.18. The molecule has 2 heterocycles. The number of fused-ring (bicyclic) bond motifs is 1. The first-order valence-electron chi connectivity index (χ1n) is 9.09. The van der Waals surface area contributed by atoms with Crippen LogP contribution in [0.5, 0.6) is 0 Å². The minimum absolute atomic E-state index is 0.00397. The number of ether oxygens (including phenoxy) is 2. The van der Waals surface area contributed by atoms with Crippen LogP contribution in [-0.2, 0) is 27.2 Å². The Morgan fingerprint density at radius 2 is 2.03 bits per heavy atom. The van der Waals surface area contributed by atoms with Gasteiger partial charge in [-0.05, 0) is 20.8 Å². The van der Waals surface area contributed by atoms with Gasteiger partial charge in [0.15, 0.2) is 5.69 Å². The van der Waals surface area contributed by atoms with Gasteiger partial charge < -0.3 is 14.4 Å². The second-order valence-electron chi connectivity index (χ2n) is 7.59. The molecule has 0 spiro atoms. The van der Waals surface area contributed by atoms with Gasteiger partial charge in [-0.2, -0.15) is 10.2 Å². The summed E-state index contributed by atoms with van der Waals surface area (Å²) < 4.78 is 10.3. The van der Waals surface area contributed by atoms with Gasteiger partial charge in [-0.1, -0.05) is 0 Å². The van der Waals surface area contributed by atoms with Crippen LogP contribution in [0.1, 0.15) is 49.4 Å². The summed E-state index contributed by atoms with van der Waals surface area (Å²) in [7, 11) is 1.46. The number of amides is 2. The number of nitrogens with one attached hydrogen (secondary N) is 1. The fraction of sp³-hybridized carbons (Fsp3) is 0.611. The van der Waals surface area contributed by atoms with Gasteiger partial charge in [0, 0.05) is 38.2 Å². The number of carbonyl (C=O) groups is 3. The quantitative estimate of drug-likeness (QED) is 0.332. The predicted molar refractivity (Wildman–Crippen MR) is 106 cm³/mol. The summed E-state index contributed by atoms with van der Waals surface area (Å²) in [5, 5.41) is 12.2. The van der Waals surface area contributed by atoms with Crippen molar-refractivity contribution in [2.24, 2.45) is 5.10 Å². The molecule has 1 N–H and O–H groups in total. The van der Waals surface area contributed by atoms with E-state index in [0.29, 0.717) is 24.2 Å². The van der Waals surface area contributed by atoms with Gasteiger partial charge in [0.2, 0.25) is 0 Å². The molecule has 2 rings (SSSR count). The molecule has 0 radical (unpaired) electrons.